The number of thioether (sulfide) groups is 1. The summed E-state index contributed by atoms with van der Waals surface area (Å²) in [5, 5.41) is 39.9. The average Bonchev–Trinajstić information content (AvgIpc) is 3.09. The highest BCUT2D eigenvalue weighted by atomic mass is 32.2. The lowest BCUT2D eigenvalue weighted by atomic mass is 9.95. The highest BCUT2D eigenvalue weighted by molar-refractivity contribution is 7.99. The van der Waals surface area contributed by atoms with Gasteiger partial charge in [-0.05, 0) is 46.0 Å². The van der Waals surface area contributed by atoms with Crippen molar-refractivity contribution in [1.82, 2.24) is 20.9 Å². The molecular weight excluding hydrogens is 448 g/mol. The Kier molecular flexibility index (Phi) is 11.3. The van der Waals surface area contributed by atoms with Crippen molar-refractivity contribution in [2.24, 2.45) is 5.92 Å². The Balaban J connectivity index is 2.23. The summed E-state index contributed by atoms with van der Waals surface area (Å²) in [5.74, 6) is 0.0740. The SMILES string of the molecule is CCC[C@@H]1C[C@@H](C(=O)N[C@@H](C2CC(O)C(O)[C@@H](O)C(SC)O2)[C@H](C)NC(=O)CNC)N(C)C1. The van der Waals surface area contributed by atoms with Gasteiger partial charge >= 0.3 is 0 Å². The van der Waals surface area contributed by atoms with Gasteiger partial charge in [-0.15, -0.1) is 11.8 Å². The molecule has 2 amide bonds. The second kappa shape index (κ2) is 13.2. The molecule has 2 saturated heterocycles. The number of carbonyl (C=O) groups is 2. The summed E-state index contributed by atoms with van der Waals surface area (Å²) in [7, 11) is 3.61. The van der Waals surface area contributed by atoms with Gasteiger partial charge in [0.05, 0.1) is 30.8 Å². The third kappa shape index (κ3) is 7.51. The van der Waals surface area contributed by atoms with E-state index in [0.717, 1.165) is 25.8 Å². The lowest BCUT2D eigenvalue weighted by Gasteiger charge is -2.35. The fourth-order valence-electron chi connectivity index (χ4n) is 4.89. The lowest BCUT2D eigenvalue weighted by molar-refractivity contribution is -0.129. The van der Waals surface area contributed by atoms with Crippen LogP contribution in [0.5, 0.6) is 0 Å². The molecule has 6 N–H and O–H groups in total. The number of nitrogens with zero attached hydrogens (tertiary/aromatic N) is 1. The van der Waals surface area contributed by atoms with Gasteiger partial charge in [0, 0.05) is 19.0 Å². The fourth-order valence-corrected chi connectivity index (χ4v) is 5.58. The number of carbonyl (C=O) groups excluding carboxylic acids is 2. The number of hydrogen-bond acceptors (Lipinski definition) is 9. The lowest BCUT2D eigenvalue weighted by Crippen LogP contribution is -2.60. The summed E-state index contributed by atoms with van der Waals surface area (Å²) in [6, 6.07) is -1.47. The van der Waals surface area contributed by atoms with Gasteiger partial charge in [0.25, 0.3) is 0 Å². The zero-order valence-electron chi connectivity index (χ0n) is 20.4. The maximum atomic E-state index is 13.3. The molecule has 11 heteroatoms. The number of aliphatic hydroxyl groups excluding tert-OH is 3. The summed E-state index contributed by atoms with van der Waals surface area (Å²) in [6.45, 7) is 4.89. The first kappa shape index (κ1) is 28.3. The summed E-state index contributed by atoms with van der Waals surface area (Å²) in [6.07, 6.45) is 0.0440. The quantitative estimate of drug-likeness (QED) is 0.224. The van der Waals surface area contributed by atoms with E-state index in [-0.39, 0.29) is 30.8 Å². The molecule has 2 rings (SSSR count). The molecule has 2 fully saturated rings. The molecule has 2 aliphatic heterocycles. The summed E-state index contributed by atoms with van der Waals surface area (Å²) < 4.78 is 6.09. The molecule has 192 valence electrons. The summed E-state index contributed by atoms with van der Waals surface area (Å²) in [4.78, 5) is 27.6. The van der Waals surface area contributed by atoms with Crippen LogP contribution in [0.4, 0.5) is 0 Å². The molecule has 2 heterocycles. The molecule has 0 bridgehead atoms. The largest absolute Gasteiger partial charge is 0.390 e. The summed E-state index contributed by atoms with van der Waals surface area (Å²) in [5.41, 5.74) is -0.787. The number of aliphatic hydroxyl groups is 3. The number of ether oxygens (including phenoxy) is 1. The van der Waals surface area contributed by atoms with Crippen LogP contribution < -0.4 is 16.0 Å². The Bertz CT molecular complexity index is 644. The maximum Gasteiger partial charge on any atom is 0.237 e. The highest BCUT2D eigenvalue weighted by Crippen LogP contribution is 2.29. The van der Waals surface area contributed by atoms with Crippen LogP contribution in [0, 0.1) is 5.92 Å². The number of likely N-dealkylation sites (tertiary alicyclic amines) is 1. The van der Waals surface area contributed by atoms with Gasteiger partial charge in [-0.2, -0.15) is 0 Å². The maximum absolute atomic E-state index is 13.3. The predicted octanol–water partition coefficient (Wildman–Crippen LogP) is -1.12. The van der Waals surface area contributed by atoms with Crippen LogP contribution in [0.2, 0.25) is 0 Å². The molecule has 10 nitrogen and oxygen atoms in total. The molecule has 0 aromatic rings. The highest BCUT2D eigenvalue weighted by Gasteiger charge is 2.44. The minimum Gasteiger partial charge on any atom is -0.390 e. The van der Waals surface area contributed by atoms with Crippen molar-refractivity contribution in [2.45, 2.75) is 87.5 Å². The van der Waals surface area contributed by atoms with E-state index in [4.69, 9.17) is 4.74 Å². The molecule has 33 heavy (non-hydrogen) atoms. The predicted molar refractivity (Wildman–Crippen MR) is 128 cm³/mol. The molecule has 4 unspecified atom stereocenters. The smallest absolute Gasteiger partial charge is 0.237 e. The zero-order valence-corrected chi connectivity index (χ0v) is 21.2. The Morgan fingerprint density at radius 3 is 2.48 bits per heavy atom. The van der Waals surface area contributed by atoms with E-state index in [1.807, 2.05) is 7.05 Å². The minimum absolute atomic E-state index is 0.00539. The average molecular weight is 491 g/mol. The minimum atomic E-state index is -1.37. The van der Waals surface area contributed by atoms with Crippen molar-refractivity contribution < 1.29 is 29.6 Å². The van der Waals surface area contributed by atoms with Crippen molar-refractivity contribution in [2.75, 3.05) is 33.4 Å². The third-order valence-corrected chi connectivity index (χ3v) is 7.50. The number of hydrogen-bond donors (Lipinski definition) is 6. The van der Waals surface area contributed by atoms with Crippen LogP contribution in [-0.4, -0.2) is 113 Å². The van der Waals surface area contributed by atoms with Gasteiger partial charge in [-0.1, -0.05) is 13.3 Å². The standard InChI is InChI=1S/C22H42N4O6S/c1-6-7-13-8-14(26(4)11-13)21(31)25-18(12(2)24-17(28)10-23-3)16-9-15(27)19(29)20(30)22(32-16)33-5/h12-16,18-20,22-23,27,29-30H,6-11H2,1-5H3,(H,24,28)(H,25,31)/t12-,13+,14-,15?,16?,18+,19?,20+,22?/m0/s1. The van der Waals surface area contributed by atoms with Crippen molar-refractivity contribution in [3.05, 3.63) is 0 Å². The molecule has 0 spiro atoms. The first-order valence-electron chi connectivity index (χ1n) is 11.8. The number of amides is 2. The van der Waals surface area contributed by atoms with Gasteiger partial charge < -0.3 is 36.0 Å². The monoisotopic (exact) mass is 490 g/mol. The van der Waals surface area contributed by atoms with E-state index in [1.54, 1.807) is 20.2 Å². The van der Waals surface area contributed by atoms with Crippen LogP contribution >= 0.6 is 11.8 Å². The Labute approximate surface area is 201 Å². The van der Waals surface area contributed by atoms with E-state index in [0.29, 0.717) is 5.92 Å². The normalized spacial score (nSPS) is 35.0. The molecule has 9 atom stereocenters. The topological polar surface area (TPSA) is 143 Å². The van der Waals surface area contributed by atoms with Crippen LogP contribution in [0.3, 0.4) is 0 Å². The van der Waals surface area contributed by atoms with E-state index < -0.39 is 41.9 Å². The Morgan fingerprint density at radius 1 is 1.18 bits per heavy atom. The number of rotatable bonds is 10. The zero-order chi connectivity index (χ0) is 24.7. The van der Waals surface area contributed by atoms with E-state index in [9.17, 15) is 24.9 Å². The second-order valence-electron chi connectivity index (χ2n) is 9.33. The molecule has 2 aliphatic rings. The molecule has 0 radical (unpaired) electrons. The number of nitrogens with one attached hydrogen (secondary N) is 3. The van der Waals surface area contributed by atoms with Gasteiger partial charge in [0.2, 0.25) is 11.8 Å². The third-order valence-electron chi connectivity index (χ3n) is 6.65. The summed E-state index contributed by atoms with van der Waals surface area (Å²) >= 11 is 1.22. The van der Waals surface area contributed by atoms with E-state index in [1.165, 1.54) is 11.8 Å². The van der Waals surface area contributed by atoms with E-state index in [2.05, 4.69) is 27.8 Å². The Hall–Kier alpha value is -0.950. The van der Waals surface area contributed by atoms with Crippen molar-refractivity contribution >= 4 is 23.6 Å². The van der Waals surface area contributed by atoms with Crippen molar-refractivity contribution in [3.63, 3.8) is 0 Å². The van der Waals surface area contributed by atoms with Gasteiger partial charge in [-0.25, -0.2) is 0 Å². The molecule has 0 aliphatic carbocycles. The van der Waals surface area contributed by atoms with Crippen LogP contribution in [-0.2, 0) is 14.3 Å². The van der Waals surface area contributed by atoms with Crippen molar-refractivity contribution in [3.8, 4) is 0 Å². The van der Waals surface area contributed by atoms with Crippen LogP contribution in [0.15, 0.2) is 0 Å². The van der Waals surface area contributed by atoms with Crippen molar-refractivity contribution in [1.29, 1.82) is 0 Å². The molecular formula is C22H42N4O6S. The fraction of sp³-hybridized carbons (Fsp3) is 0.909. The second-order valence-corrected chi connectivity index (χ2v) is 10.3. The van der Waals surface area contributed by atoms with Crippen LogP contribution in [0.25, 0.3) is 0 Å². The Morgan fingerprint density at radius 2 is 1.88 bits per heavy atom. The van der Waals surface area contributed by atoms with Gasteiger partial charge in [0.1, 0.15) is 17.6 Å². The number of likely N-dealkylation sites (N-methyl/N-ethyl adjacent to an activating group) is 2. The van der Waals surface area contributed by atoms with Crippen LogP contribution in [0.1, 0.15) is 39.5 Å². The van der Waals surface area contributed by atoms with Gasteiger partial charge in [-0.3, -0.25) is 14.5 Å². The molecule has 0 aromatic heterocycles. The molecule has 0 saturated carbocycles. The van der Waals surface area contributed by atoms with Gasteiger partial charge in [0.15, 0.2) is 0 Å². The first-order valence-corrected chi connectivity index (χ1v) is 13.1. The first-order chi connectivity index (χ1) is 15.6. The van der Waals surface area contributed by atoms with E-state index >= 15 is 0 Å². The molecule has 0 aromatic carbocycles.